The highest BCUT2D eigenvalue weighted by Gasteiger charge is 2.38. The SMILES string of the molecule is CS(=O)(=O)Nc1cccc(C2=NN(C(=O)C3CCCCC3)[C@H](c3ccco3)C2)c1. The first kappa shape index (κ1) is 19.7. The van der Waals surface area contributed by atoms with Gasteiger partial charge in [-0.25, -0.2) is 13.4 Å². The Morgan fingerprint density at radius 1 is 1.17 bits per heavy atom. The normalized spacial score (nSPS) is 20.5. The van der Waals surface area contributed by atoms with Gasteiger partial charge in [0.1, 0.15) is 11.8 Å². The summed E-state index contributed by atoms with van der Waals surface area (Å²) in [6.07, 6.45) is 8.38. The minimum atomic E-state index is -3.37. The fraction of sp³-hybridized carbons (Fsp3) is 0.429. The van der Waals surface area contributed by atoms with Crippen molar-refractivity contribution in [3.05, 3.63) is 54.0 Å². The Morgan fingerprint density at radius 3 is 2.66 bits per heavy atom. The summed E-state index contributed by atoms with van der Waals surface area (Å²) in [5.74, 6) is 0.757. The first-order chi connectivity index (χ1) is 13.9. The summed E-state index contributed by atoms with van der Waals surface area (Å²) in [4.78, 5) is 13.2. The van der Waals surface area contributed by atoms with Crippen LogP contribution in [0.5, 0.6) is 0 Å². The third-order valence-corrected chi connectivity index (χ3v) is 6.07. The van der Waals surface area contributed by atoms with Crippen LogP contribution in [-0.4, -0.2) is 31.3 Å². The van der Waals surface area contributed by atoms with Crippen molar-refractivity contribution >= 4 is 27.3 Å². The van der Waals surface area contributed by atoms with E-state index in [0.29, 0.717) is 17.9 Å². The molecule has 154 valence electrons. The highest BCUT2D eigenvalue weighted by atomic mass is 32.2. The molecule has 0 unspecified atom stereocenters. The van der Waals surface area contributed by atoms with E-state index < -0.39 is 10.0 Å². The molecular weight excluding hydrogens is 390 g/mol. The number of hydrazone groups is 1. The summed E-state index contributed by atoms with van der Waals surface area (Å²) in [6.45, 7) is 0. The van der Waals surface area contributed by atoms with E-state index >= 15 is 0 Å². The van der Waals surface area contributed by atoms with Crippen molar-refractivity contribution in [2.45, 2.75) is 44.6 Å². The predicted octanol–water partition coefficient (Wildman–Crippen LogP) is 3.91. The summed E-state index contributed by atoms with van der Waals surface area (Å²) in [5, 5.41) is 6.26. The van der Waals surface area contributed by atoms with Gasteiger partial charge in [-0.05, 0) is 42.7 Å². The van der Waals surface area contributed by atoms with Gasteiger partial charge in [0.2, 0.25) is 15.9 Å². The van der Waals surface area contributed by atoms with Crippen LogP contribution in [0.1, 0.15) is 55.9 Å². The number of rotatable bonds is 5. The van der Waals surface area contributed by atoms with Gasteiger partial charge in [-0.1, -0.05) is 31.4 Å². The number of carbonyl (C=O) groups excluding carboxylic acids is 1. The lowest BCUT2D eigenvalue weighted by Gasteiger charge is -2.27. The fourth-order valence-electron chi connectivity index (χ4n) is 4.10. The van der Waals surface area contributed by atoms with Crippen LogP contribution in [0.4, 0.5) is 5.69 Å². The van der Waals surface area contributed by atoms with Crippen LogP contribution in [0.25, 0.3) is 0 Å². The summed E-state index contributed by atoms with van der Waals surface area (Å²) in [6, 6.07) is 10.5. The molecule has 1 atom stereocenters. The summed E-state index contributed by atoms with van der Waals surface area (Å²) in [7, 11) is -3.37. The molecular formula is C21H25N3O4S. The predicted molar refractivity (Wildman–Crippen MR) is 111 cm³/mol. The molecule has 2 heterocycles. The highest BCUT2D eigenvalue weighted by molar-refractivity contribution is 7.92. The zero-order chi connectivity index (χ0) is 20.4. The monoisotopic (exact) mass is 415 g/mol. The molecule has 1 aliphatic heterocycles. The zero-order valence-electron chi connectivity index (χ0n) is 16.4. The summed E-state index contributed by atoms with van der Waals surface area (Å²) in [5.41, 5.74) is 2.00. The van der Waals surface area contributed by atoms with Gasteiger partial charge in [0, 0.05) is 18.0 Å². The molecule has 1 amide bonds. The third-order valence-electron chi connectivity index (χ3n) is 5.46. The Bertz CT molecular complexity index is 1010. The Balaban J connectivity index is 1.64. The van der Waals surface area contributed by atoms with Crippen molar-refractivity contribution in [3.63, 3.8) is 0 Å². The molecule has 1 aromatic carbocycles. The smallest absolute Gasteiger partial charge is 0.246 e. The zero-order valence-corrected chi connectivity index (χ0v) is 17.2. The average molecular weight is 416 g/mol. The summed E-state index contributed by atoms with van der Waals surface area (Å²) < 4.78 is 31.2. The molecule has 0 radical (unpaired) electrons. The van der Waals surface area contributed by atoms with E-state index in [1.807, 2.05) is 18.2 Å². The molecule has 1 N–H and O–H groups in total. The molecule has 1 saturated carbocycles. The Morgan fingerprint density at radius 2 is 1.97 bits per heavy atom. The second kappa shape index (κ2) is 8.02. The van der Waals surface area contributed by atoms with Crippen LogP contribution in [-0.2, 0) is 14.8 Å². The van der Waals surface area contributed by atoms with E-state index in [1.54, 1.807) is 29.5 Å². The number of hydrogen-bond acceptors (Lipinski definition) is 5. The van der Waals surface area contributed by atoms with Crippen LogP contribution in [0.15, 0.2) is 52.2 Å². The maximum Gasteiger partial charge on any atom is 0.246 e. The molecule has 8 heteroatoms. The molecule has 2 aliphatic rings. The lowest BCUT2D eigenvalue weighted by molar-refractivity contribution is -0.138. The van der Waals surface area contributed by atoms with E-state index in [-0.39, 0.29) is 17.9 Å². The van der Waals surface area contributed by atoms with E-state index in [0.717, 1.165) is 43.2 Å². The van der Waals surface area contributed by atoms with Crippen molar-refractivity contribution in [1.82, 2.24) is 5.01 Å². The largest absolute Gasteiger partial charge is 0.467 e. The second-order valence-electron chi connectivity index (χ2n) is 7.75. The van der Waals surface area contributed by atoms with E-state index in [1.165, 1.54) is 6.42 Å². The van der Waals surface area contributed by atoms with Crippen molar-refractivity contribution in [2.24, 2.45) is 11.0 Å². The van der Waals surface area contributed by atoms with Crippen LogP contribution < -0.4 is 4.72 Å². The lowest BCUT2D eigenvalue weighted by Crippen LogP contribution is -2.33. The number of benzene rings is 1. The van der Waals surface area contributed by atoms with E-state index in [2.05, 4.69) is 9.82 Å². The molecule has 4 rings (SSSR count). The van der Waals surface area contributed by atoms with Crippen LogP contribution >= 0.6 is 0 Å². The number of anilines is 1. The average Bonchev–Trinajstić information content (AvgIpc) is 3.37. The van der Waals surface area contributed by atoms with E-state index in [9.17, 15) is 13.2 Å². The maximum atomic E-state index is 13.2. The Kier molecular flexibility index (Phi) is 5.45. The van der Waals surface area contributed by atoms with Gasteiger partial charge >= 0.3 is 0 Å². The van der Waals surface area contributed by atoms with Crippen molar-refractivity contribution in [3.8, 4) is 0 Å². The Hall–Kier alpha value is -2.61. The van der Waals surface area contributed by atoms with Crippen molar-refractivity contribution in [1.29, 1.82) is 0 Å². The molecule has 2 aromatic rings. The van der Waals surface area contributed by atoms with Gasteiger partial charge in [-0.15, -0.1) is 0 Å². The van der Waals surface area contributed by atoms with Crippen molar-refractivity contribution < 1.29 is 17.6 Å². The van der Waals surface area contributed by atoms with Gasteiger partial charge in [-0.3, -0.25) is 9.52 Å². The molecule has 1 aromatic heterocycles. The number of furan rings is 1. The standard InChI is InChI=1S/C21H25N3O4S/c1-29(26,27)23-17-10-5-9-16(13-17)18-14-19(20-11-6-12-28-20)24(22-18)21(25)15-7-3-2-4-8-15/h5-6,9-13,15,19,23H,2-4,7-8,14H2,1H3/t19-/m0/s1. The van der Waals surface area contributed by atoms with Crippen LogP contribution in [0, 0.1) is 5.92 Å². The van der Waals surface area contributed by atoms with Gasteiger partial charge in [0.05, 0.1) is 18.2 Å². The second-order valence-corrected chi connectivity index (χ2v) is 9.50. The molecule has 0 bridgehead atoms. The highest BCUT2D eigenvalue weighted by Crippen LogP contribution is 2.36. The molecule has 1 aliphatic carbocycles. The third kappa shape index (κ3) is 4.53. The van der Waals surface area contributed by atoms with Gasteiger partial charge < -0.3 is 4.42 Å². The van der Waals surface area contributed by atoms with Gasteiger partial charge in [-0.2, -0.15) is 5.10 Å². The van der Waals surface area contributed by atoms with Crippen LogP contribution in [0.3, 0.4) is 0 Å². The molecule has 7 nitrogen and oxygen atoms in total. The number of nitrogens with zero attached hydrogens (tertiary/aromatic N) is 2. The number of amides is 1. The Labute approximate surface area is 170 Å². The number of hydrogen-bond donors (Lipinski definition) is 1. The topological polar surface area (TPSA) is 92.0 Å². The lowest BCUT2D eigenvalue weighted by atomic mass is 9.88. The molecule has 29 heavy (non-hydrogen) atoms. The first-order valence-corrected chi connectivity index (χ1v) is 11.8. The molecule has 1 fully saturated rings. The number of nitrogens with one attached hydrogen (secondary N) is 1. The first-order valence-electron chi connectivity index (χ1n) is 9.93. The fourth-order valence-corrected chi connectivity index (χ4v) is 4.66. The quantitative estimate of drug-likeness (QED) is 0.801. The van der Waals surface area contributed by atoms with Gasteiger partial charge in [0.15, 0.2) is 0 Å². The molecule has 0 saturated heterocycles. The summed E-state index contributed by atoms with van der Waals surface area (Å²) >= 11 is 0. The van der Waals surface area contributed by atoms with E-state index in [4.69, 9.17) is 4.42 Å². The van der Waals surface area contributed by atoms with Gasteiger partial charge in [0.25, 0.3) is 0 Å². The van der Waals surface area contributed by atoms with Crippen molar-refractivity contribution in [2.75, 3.05) is 11.0 Å². The molecule has 0 spiro atoms. The number of sulfonamides is 1. The number of carbonyl (C=O) groups is 1. The van der Waals surface area contributed by atoms with Crippen LogP contribution in [0.2, 0.25) is 0 Å². The minimum Gasteiger partial charge on any atom is -0.467 e. The maximum absolute atomic E-state index is 13.2. The minimum absolute atomic E-state index is 0.00236.